The van der Waals surface area contributed by atoms with E-state index in [4.69, 9.17) is 23.2 Å². The third-order valence-electron chi connectivity index (χ3n) is 4.36. The quantitative estimate of drug-likeness (QED) is 0.372. The van der Waals surface area contributed by atoms with Crippen molar-refractivity contribution in [2.75, 3.05) is 0 Å². The van der Waals surface area contributed by atoms with Crippen molar-refractivity contribution in [3.63, 3.8) is 0 Å². The summed E-state index contributed by atoms with van der Waals surface area (Å²) >= 11 is 12.0. The van der Waals surface area contributed by atoms with Gasteiger partial charge in [-0.3, -0.25) is 14.8 Å². The summed E-state index contributed by atoms with van der Waals surface area (Å²) in [7, 11) is 0. The molecule has 0 atom stereocenters. The van der Waals surface area contributed by atoms with Crippen LogP contribution in [-0.4, -0.2) is 15.8 Å². The average molecular weight is 405 g/mol. The number of benzene rings is 2. The lowest BCUT2D eigenvalue weighted by molar-refractivity contribution is 0.103. The Morgan fingerprint density at radius 3 is 1.39 bits per heavy atom. The van der Waals surface area contributed by atoms with Crippen molar-refractivity contribution in [3.8, 4) is 22.3 Å². The van der Waals surface area contributed by atoms with Crippen LogP contribution in [0.1, 0.15) is 16.2 Å². The maximum Gasteiger partial charge on any atom is 0.230 e. The minimum absolute atomic E-state index is 0.240. The van der Waals surface area contributed by atoms with Gasteiger partial charge in [-0.15, -0.1) is 0 Å². The van der Waals surface area contributed by atoms with Gasteiger partial charge in [-0.05, 0) is 47.5 Å². The highest BCUT2D eigenvalue weighted by Gasteiger charge is 2.21. The molecule has 5 heteroatoms. The van der Waals surface area contributed by atoms with E-state index >= 15 is 0 Å². The average Bonchev–Trinajstić information content (AvgIpc) is 2.74. The van der Waals surface area contributed by atoms with Gasteiger partial charge in [0.25, 0.3) is 0 Å². The first-order valence-electron chi connectivity index (χ1n) is 8.60. The predicted molar refractivity (Wildman–Crippen MR) is 113 cm³/mol. The Morgan fingerprint density at radius 1 is 0.607 bits per heavy atom. The molecule has 3 nitrogen and oxygen atoms in total. The summed E-state index contributed by atoms with van der Waals surface area (Å²) in [4.78, 5) is 22.1. The van der Waals surface area contributed by atoms with E-state index in [9.17, 15) is 4.79 Å². The van der Waals surface area contributed by atoms with Gasteiger partial charge in [0.05, 0.1) is 0 Å². The molecule has 0 unspecified atom stereocenters. The first-order chi connectivity index (χ1) is 13.6. The number of halogens is 2. The monoisotopic (exact) mass is 404 g/mol. The van der Waals surface area contributed by atoms with Crippen molar-refractivity contribution < 1.29 is 4.79 Å². The molecule has 4 rings (SSSR count). The van der Waals surface area contributed by atoms with E-state index in [-0.39, 0.29) is 5.78 Å². The maximum absolute atomic E-state index is 13.4. The van der Waals surface area contributed by atoms with Crippen LogP contribution in [0.25, 0.3) is 22.3 Å². The van der Waals surface area contributed by atoms with E-state index in [0.717, 1.165) is 22.3 Å². The van der Waals surface area contributed by atoms with Crippen LogP contribution in [0.2, 0.25) is 10.0 Å². The minimum atomic E-state index is -0.240. The smallest absolute Gasteiger partial charge is 0.230 e. The summed E-state index contributed by atoms with van der Waals surface area (Å²) in [5.41, 5.74) is 3.89. The predicted octanol–water partition coefficient (Wildman–Crippen LogP) is 6.35. The van der Waals surface area contributed by atoms with Crippen molar-refractivity contribution in [1.29, 1.82) is 0 Å². The Kier molecular flexibility index (Phi) is 5.20. The maximum atomic E-state index is 13.4. The molecule has 0 spiro atoms. The first-order valence-corrected chi connectivity index (χ1v) is 9.36. The molecule has 4 aromatic rings. The fraction of sp³-hybridized carbons (Fsp3) is 0. The Bertz CT molecular complexity index is 1050. The van der Waals surface area contributed by atoms with E-state index in [1.54, 1.807) is 48.8 Å². The molecule has 0 saturated heterocycles. The standard InChI is InChI=1S/C23H14Cl2N2O/c24-17-9-5-15(6-10-17)19-3-1-13-26-21(19)23(28)22-20(4-2-14-27-22)16-7-11-18(25)12-8-16/h1-14H. The molecule has 0 aliphatic heterocycles. The molecule has 2 aromatic carbocycles. The van der Waals surface area contributed by atoms with Gasteiger partial charge < -0.3 is 0 Å². The Balaban J connectivity index is 1.82. The molecule has 2 aromatic heterocycles. The third kappa shape index (κ3) is 3.68. The summed E-state index contributed by atoms with van der Waals surface area (Å²) in [6, 6.07) is 22.0. The van der Waals surface area contributed by atoms with Gasteiger partial charge >= 0.3 is 0 Å². The summed E-state index contributed by atoms with van der Waals surface area (Å²) in [6.45, 7) is 0. The van der Waals surface area contributed by atoms with Crippen molar-refractivity contribution >= 4 is 29.0 Å². The normalized spacial score (nSPS) is 10.6. The molecular formula is C23H14Cl2N2O. The van der Waals surface area contributed by atoms with Gasteiger partial charge in [0.15, 0.2) is 0 Å². The first kappa shape index (κ1) is 18.4. The van der Waals surface area contributed by atoms with Gasteiger partial charge in [0, 0.05) is 33.6 Å². The van der Waals surface area contributed by atoms with Crippen LogP contribution in [0.3, 0.4) is 0 Å². The number of nitrogens with zero attached hydrogens (tertiary/aromatic N) is 2. The number of carbonyl (C=O) groups excluding carboxylic acids is 1. The molecule has 2 heterocycles. The number of carbonyl (C=O) groups is 1. The number of hydrogen-bond acceptors (Lipinski definition) is 3. The number of pyridine rings is 2. The van der Waals surface area contributed by atoms with Crippen molar-refractivity contribution in [2.45, 2.75) is 0 Å². The van der Waals surface area contributed by atoms with Crippen molar-refractivity contribution in [3.05, 3.63) is 107 Å². The number of aromatic nitrogens is 2. The Hall–Kier alpha value is -3.01. The molecule has 0 N–H and O–H groups in total. The molecule has 0 aliphatic rings. The topological polar surface area (TPSA) is 42.9 Å². The molecule has 136 valence electrons. The fourth-order valence-electron chi connectivity index (χ4n) is 3.01. The minimum Gasteiger partial charge on any atom is -0.285 e. The lowest BCUT2D eigenvalue weighted by Crippen LogP contribution is -2.10. The van der Waals surface area contributed by atoms with Crippen molar-refractivity contribution in [1.82, 2.24) is 9.97 Å². The van der Waals surface area contributed by atoms with E-state index in [1.165, 1.54) is 0 Å². The molecule has 0 aliphatic carbocycles. The summed E-state index contributed by atoms with van der Waals surface area (Å²) < 4.78 is 0. The second kappa shape index (κ2) is 7.93. The van der Waals surface area contributed by atoms with Gasteiger partial charge in [-0.1, -0.05) is 59.6 Å². The lowest BCUT2D eigenvalue weighted by Gasteiger charge is -2.11. The van der Waals surface area contributed by atoms with Crippen LogP contribution in [0, 0.1) is 0 Å². The van der Waals surface area contributed by atoms with E-state index in [2.05, 4.69) is 9.97 Å². The zero-order valence-electron chi connectivity index (χ0n) is 14.6. The second-order valence-electron chi connectivity index (χ2n) is 6.14. The Labute approximate surface area is 172 Å². The van der Waals surface area contributed by atoms with Gasteiger partial charge in [-0.2, -0.15) is 0 Å². The largest absolute Gasteiger partial charge is 0.285 e. The number of rotatable bonds is 4. The fourth-order valence-corrected chi connectivity index (χ4v) is 3.26. The van der Waals surface area contributed by atoms with Gasteiger partial charge in [0.2, 0.25) is 5.78 Å². The van der Waals surface area contributed by atoms with Crippen LogP contribution < -0.4 is 0 Å². The highest BCUT2D eigenvalue weighted by Crippen LogP contribution is 2.29. The molecule has 28 heavy (non-hydrogen) atoms. The van der Waals surface area contributed by atoms with Crippen LogP contribution in [0.5, 0.6) is 0 Å². The van der Waals surface area contributed by atoms with E-state index < -0.39 is 0 Å². The highest BCUT2D eigenvalue weighted by molar-refractivity contribution is 6.31. The Morgan fingerprint density at radius 2 is 1.00 bits per heavy atom. The third-order valence-corrected chi connectivity index (χ3v) is 4.86. The SMILES string of the molecule is O=C(c1ncccc1-c1ccc(Cl)cc1)c1ncccc1-c1ccc(Cl)cc1. The molecule has 0 fully saturated rings. The molecule has 0 radical (unpaired) electrons. The summed E-state index contributed by atoms with van der Waals surface area (Å²) in [5.74, 6) is -0.240. The lowest BCUT2D eigenvalue weighted by atomic mass is 9.96. The number of hydrogen-bond donors (Lipinski definition) is 0. The summed E-state index contributed by atoms with van der Waals surface area (Å²) in [5, 5.41) is 1.27. The zero-order valence-corrected chi connectivity index (χ0v) is 16.2. The van der Waals surface area contributed by atoms with Crippen LogP contribution in [0.15, 0.2) is 85.2 Å². The second-order valence-corrected chi connectivity index (χ2v) is 7.01. The molecule has 0 saturated carbocycles. The highest BCUT2D eigenvalue weighted by atomic mass is 35.5. The van der Waals surface area contributed by atoms with Crippen LogP contribution in [-0.2, 0) is 0 Å². The molecule has 0 amide bonds. The van der Waals surface area contributed by atoms with Gasteiger partial charge in [0.1, 0.15) is 11.4 Å². The molecule has 0 bridgehead atoms. The zero-order chi connectivity index (χ0) is 19.5. The summed E-state index contributed by atoms with van der Waals surface area (Å²) in [6.07, 6.45) is 3.22. The van der Waals surface area contributed by atoms with Crippen LogP contribution >= 0.6 is 23.2 Å². The molecular weight excluding hydrogens is 391 g/mol. The van der Waals surface area contributed by atoms with E-state index in [1.807, 2.05) is 36.4 Å². The van der Waals surface area contributed by atoms with Gasteiger partial charge in [-0.25, -0.2) is 0 Å². The number of ketones is 1. The van der Waals surface area contributed by atoms with E-state index in [0.29, 0.717) is 21.4 Å². The van der Waals surface area contributed by atoms with Crippen molar-refractivity contribution in [2.24, 2.45) is 0 Å². The van der Waals surface area contributed by atoms with Crippen LogP contribution in [0.4, 0.5) is 0 Å².